The molecule has 5 heteroatoms. The molecule has 1 amide bonds. The van der Waals surface area contributed by atoms with Gasteiger partial charge >= 0.3 is 0 Å². The van der Waals surface area contributed by atoms with Crippen molar-refractivity contribution in [2.45, 2.75) is 13.3 Å². The van der Waals surface area contributed by atoms with E-state index >= 15 is 0 Å². The van der Waals surface area contributed by atoms with Crippen LogP contribution in [0.4, 0.5) is 5.69 Å². The van der Waals surface area contributed by atoms with Crippen molar-refractivity contribution in [1.29, 1.82) is 0 Å². The van der Waals surface area contributed by atoms with E-state index in [1.165, 1.54) is 0 Å². The molecule has 2 rings (SSSR count). The summed E-state index contributed by atoms with van der Waals surface area (Å²) in [6.07, 6.45) is 0.511. The number of benzene rings is 1. The number of carbonyl (C=O) groups excluding carboxylic acids is 1. The van der Waals surface area contributed by atoms with Crippen molar-refractivity contribution in [2.75, 3.05) is 44.6 Å². The van der Waals surface area contributed by atoms with E-state index in [1.54, 1.807) is 0 Å². The molecule has 0 bridgehead atoms. The largest absolute Gasteiger partial charge is 0.383 e. The predicted molar refractivity (Wildman–Crippen MR) is 83.3 cm³/mol. The minimum atomic E-state index is 0.223. The summed E-state index contributed by atoms with van der Waals surface area (Å²) >= 11 is 6.06. The van der Waals surface area contributed by atoms with Gasteiger partial charge in [-0.15, -0.1) is 0 Å². The molecule has 0 atom stereocenters. The summed E-state index contributed by atoms with van der Waals surface area (Å²) in [5.74, 6) is 0.223. The van der Waals surface area contributed by atoms with Gasteiger partial charge in [-0.2, -0.15) is 0 Å². The minimum Gasteiger partial charge on any atom is -0.383 e. The molecule has 1 aromatic rings. The number of rotatable bonds is 5. The Kier molecular flexibility index (Phi) is 5.68. The third-order valence-electron chi connectivity index (χ3n) is 3.70. The van der Waals surface area contributed by atoms with Crippen LogP contribution in [0.3, 0.4) is 0 Å². The summed E-state index contributed by atoms with van der Waals surface area (Å²) < 4.78 is 0. The van der Waals surface area contributed by atoms with Gasteiger partial charge in [0.1, 0.15) is 0 Å². The summed E-state index contributed by atoms with van der Waals surface area (Å²) in [5, 5.41) is 3.90. The zero-order chi connectivity index (χ0) is 14.4. The summed E-state index contributed by atoms with van der Waals surface area (Å²) in [6.45, 7) is 7.51. The lowest BCUT2D eigenvalue weighted by atomic mass is 10.2. The molecule has 0 aliphatic carbocycles. The lowest BCUT2D eigenvalue weighted by Crippen LogP contribution is -2.48. The Hall–Kier alpha value is -1.26. The van der Waals surface area contributed by atoms with Crippen molar-refractivity contribution >= 4 is 23.2 Å². The summed E-state index contributed by atoms with van der Waals surface area (Å²) in [5.41, 5.74) is 0.887. The molecule has 1 saturated heterocycles. The molecule has 1 aliphatic heterocycles. The number of para-hydroxylation sites is 1. The molecule has 1 N–H and O–H groups in total. The summed E-state index contributed by atoms with van der Waals surface area (Å²) in [6, 6.07) is 7.59. The number of nitrogens with zero attached hydrogens (tertiary/aromatic N) is 2. The normalized spacial score (nSPS) is 16.2. The lowest BCUT2D eigenvalue weighted by Gasteiger charge is -2.34. The van der Waals surface area contributed by atoms with Gasteiger partial charge in [-0.25, -0.2) is 0 Å². The van der Waals surface area contributed by atoms with Crippen LogP contribution in [0.25, 0.3) is 0 Å². The van der Waals surface area contributed by atoms with Crippen molar-refractivity contribution in [3.63, 3.8) is 0 Å². The highest BCUT2D eigenvalue weighted by Gasteiger charge is 2.19. The molecule has 0 unspecified atom stereocenters. The van der Waals surface area contributed by atoms with Crippen LogP contribution < -0.4 is 5.32 Å². The van der Waals surface area contributed by atoms with E-state index in [4.69, 9.17) is 11.6 Å². The van der Waals surface area contributed by atoms with Crippen molar-refractivity contribution in [1.82, 2.24) is 9.80 Å². The van der Waals surface area contributed by atoms with E-state index in [0.29, 0.717) is 18.0 Å². The smallest absolute Gasteiger partial charge is 0.224 e. The number of nitrogens with one attached hydrogen (secondary N) is 1. The zero-order valence-electron chi connectivity index (χ0n) is 11.9. The summed E-state index contributed by atoms with van der Waals surface area (Å²) in [7, 11) is 0. The van der Waals surface area contributed by atoms with Crippen LogP contribution in [0, 0.1) is 0 Å². The van der Waals surface area contributed by atoms with Crippen molar-refractivity contribution in [3.05, 3.63) is 29.3 Å². The number of piperazine rings is 1. The molecular weight excluding hydrogens is 274 g/mol. The van der Waals surface area contributed by atoms with Gasteiger partial charge < -0.3 is 15.1 Å². The van der Waals surface area contributed by atoms with Gasteiger partial charge in [0.15, 0.2) is 0 Å². The molecular formula is C15H22ClN3O. The van der Waals surface area contributed by atoms with Gasteiger partial charge in [-0.3, -0.25) is 4.79 Å². The molecule has 1 aliphatic rings. The first-order chi connectivity index (χ1) is 9.70. The Balaban J connectivity index is 1.72. The molecule has 20 heavy (non-hydrogen) atoms. The second-order valence-corrected chi connectivity index (χ2v) is 5.38. The maximum Gasteiger partial charge on any atom is 0.224 e. The van der Waals surface area contributed by atoms with Crippen LogP contribution in [0.1, 0.15) is 13.3 Å². The average Bonchev–Trinajstić information content (AvgIpc) is 2.49. The Morgan fingerprint density at radius 3 is 2.60 bits per heavy atom. The number of amides is 1. The third-order valence-corrected chi connectivity index (χ3v) is 4.03. The van der Waals surface area contributed by atoms with E-state index < -0.39 is 0 Å². The Morgan fingerprint density at radius 1 is 1.25 bits per heavy atom. The quantitative estimate of drug-likeness (QED) is 0.905. The molecule has 1 aromatic carbocycles. The highest BCUT2D eigenvalue weighted by Crippen LogP contribution is 2.20. The number of hydrogen-bond donors (Lipinski definition) is 1. The second-order valence-electron chi connectivity index (χ2n) is 4.97. The fourth-order valence-electron chi connectivity index (χ4n) is 2.38. The van der Waals surface area contributed by atoms with Crippen LogP contribution >= 0.6 is 11.6 Å². The lowest BCUT2D eigenvalue weighted by molar-refractivity contribution is -0.132. The first-order valence-electron chi connectivity index (χ1n) is 7.19. The molecule has 0 aromatic heterocycles. The molecule has 1 fully saturated rings. The highest BCUT2D eigenvalue weighted by molar-refractivity contribution is 6.33. The van der Waals surface area contributed by atoms with E-state index in [2.05, 4.69) is 17.1 Å². The standard InChI is InChI=1S/C15H22ClN3O/c1-2-18-9-11-19(12-10-18)15(20)7-8-17-14-6-4-3-5-13(14)16/h3-6,17H,2,7-12H2,1H3. The van der Waals surface area contributed by atoms with Gasteiger partial charge in [-0.05, 0) is 18.7 Å². The molecule has 0 radical (unpaired) electrons. The van der Waals surface area contributed by atoms with E-state index in [9.17, 15) is 4.79 Å². The molecule has 0 saturated carbocycles. The van der Waals surface area contributed by atoms with Gasteiger partial charge in [0.05, 0.1) is 10.7 Å². The van der Waals surface area contributed by atoms with Crippen LogP contribution in [0.5, 0.6) is 0 Å². The first kappa shape index (κ1) is 15.1. The minimum absolute atomic E-state index is 0.223. The fourth-order valence-corrected chi connectivity index (χ4v) is 2.58. The van der Waals surface area contributed by atoms with E-state index in [1.807, 2.05) is 29.2 Å². The Bertz CT molecular complexity index is 444. The molecule has 0 spiro atoms. The molecule has 1 heterocycles. The van der Waals surface area contributed by atoms with Crippen LogP contribution in [0.2, 0.25) is 5.02 Å². The number of hydrogen-bond acceptors (Lipinski definition) is 3. The van der Waals surface area contributed by atoms with Gasteiger partial charge in [-0.1, -0.05) is 30.7 Å². The SMILES string of the molecule is CCN1CCN(C(=O)CCNc2ccccc2Cl)CC1. The topological polar surface area (TPSA) is 35.6 Å². The van der Waals surface area contributed by atoms with Crippen molar-refractivity contribution in [3.8, 4) is 0 Å². The number of anilines is 1. The summed E-state index contributed by atoms with van der Waals surface area (Å²) in [4.78, 5) is 16.4. The molecule has 110 valence electrons. The Labute approximate surface area is 125 Å². The second kappa shape index (κ2) is 7.50. The monoisotopic (exact) mass is 295 g/mol. The van der Waals surface area contributed by atoms with Gasteiger partial charge in [0.2, 0.25) is 5.91 Å². The third kappa shape index (κ3) is 4.12. The predicted octanol–water partition coefficient (Wildman–Crippen LogP) is 2.31. The van der Waals surface area contributed by atoms with Crippen molar-refractivity contribution < 1.29 is 4.79 Å². The van der Waals surface area contributed by atoms with E-state index in [-0.39, 0.29) is 5.91 Å². The zero-order valence-corrected chi connectivity index (χ0v) is 12.7. The van der Waals surface area contributed by atoms with Gasteiger partial charge in [0.25, 0.3) is 0 Å². The fraction of sp³-hybridized carbons (Fsp3) is 0.533. The van der Waals surface area contributed by atoms with Crippen LogP contribution in [0.15, 0.2) is 24.3 Å². The van der Waals surface area contributed by atoms with Crippen molar-refractivity contribution in [2.24, 2.45) is 0 Å². The van der Waals surface area contributed by atoms with E-state index in [0.717, 1.165) is 38.4 Å². The average molecular weight is 296 g/mol. The Morgan fingerprint density at radius 2 is 1.95 bits per heavy atom. The number of carbonyl (C=O) groups is 1. The first-order valence-corrected chi connectivity index (χ1v) is 7.57. The van der Waals surface area contributed by atoms with Gasteiger partial charge in [0, 0.05) is 39.1 Å². The maximum atomic E-state index is 12.1. The van der Waals surface area contributed by atoms with Crippen LogP contribution in [-0.4, -0.2) is 55.0 Å². The molecule has 4 nitrogen and oxygen atoms in total. The van der Waals surface area contributed by atoms with Crippen LogP contribution in [-0.2, 0) is 4.79 Å². The number of likely N-dealkylation sites (N-methyl/N-ethyl adjacent to an activating group) is 1. The maximum absolute atomic E-state index is 12.1. The highest BCUT2D eigenvalue weighted by atomic mass is 35.5. The number of halogens is 1.